The number of amides is 2. The van der Waals surface area contributed by atoms with Crippen molar-refractivity contribution in [2.75, 3.05) is 19.0 Å². The van der Waals surface area contributed by atoms with Crippen LogP contribution in [-0.4, -0.2) is 30.5 Å². The molecule has 0 bridgehead atoms. The molecule has 0 atom stereocenters. The third-order valence-corrected chi connectivity index (χ3v) is 3.34. The first-order chi connectivity index (χ1) is 11.5. The molecule has 7 heteroatoms. The smallest absolute Gasteiger partial charge is 0.271 e. The Balaban J connectivity index is 1.80. The lowest BCUT2D eigenvalue weighted by atomic mass is 10.1. The SMILES string of the molecule is COc1ccc(C(=O)NNC(=O)CNc2ccc(C)cc2C)cn1. The molecule has 2 rings (SSSR count). The predicted octanol–water partition coefficient (Wildman–Crippen LogP) is 1.58. The van der Waals surface area contributed by atoms with Crippen LogP contribution in [0.3, 0.4) is 0 Å². The van der Waals surface area contributed by atoms with Gasteiger partial charge >= 0.3 is 0 Å². The van der Waals surface area contributed by atoms with Gasteiger partial charge in [-0.05, 0) is 31.5 Å². The number of anilines is 1. The summed E-state index contributed by atoms with van der Waals surface area (Å²) in [5.74, 6) is -0.400. The van der Waals surface area contributed by atoms with E-state index >= 15 is 0 Å². The lowest BCUT2D eigenvalue weighted by Crippen LogP contribution is -2.44. The van der Waals surface area contributed by atoms with Crippen molar-refractivity contribution in [1.29, 1.82) is 0 Å². The minimum Gasteiger partial charge on any atom is -0.481 e. The van der Waals surface area contributed by atoms with Crippen LogP contribution in [0.2, 0.25) is 0 Å². The number of nitrogens with zero attached hydrogens (tertiary/aromatic N) is 1. The third-order valence-electron chi connectivity index (χ3n) is 3.34. The van der Waals surface area contributed by atoms with Gasteiger partial charge in [0, 0.05) is 18.0 Å². The first-order valence-corrected chi connectivity index (χ1v) is 7.40. The lowest BCUT2D eigenvalue weighted by Gasteiger charge is -2.11. The van der Waals surface area contributed by atoms with Gasteiger partial charge in [0.25, 0.3) is 11.8 Å². The highest BCUT2D eigenvalue weighted by Gasteiger charge is 2.08. The molecule has 2 amide bonds. The number of carbonyl (C=O) groups is 2. The van der Waals surface area contributed by atoms with Crippen molar-refractivity contribution >= 4 is 17.5 Å². The Kier molecular flexibility index (Phi) is 5.73. The Morgan fingerprint density at radius 3 is 2.54 bits per heavy atom. The van der Waals surface area contributed by atoms with Crippen molar-refractivity contribution in [3.05, 3.63) is 53.2 Å². The Morgan fingerprint density at radius 2 is 1.92 bits per heavy atom. The number of pyridine rings is 1. The van der Waals surface area contributed by atoms with Gasteiger partial charge in [-0.15, -0.1) is 0 Å². The summed E-state index contributed by atoms with van der Waals surface area (Å²) in [7, 11) is 1.49. The normalized spacial score (nSPS) is 9.96. The summed E-state index contributed by atoms with van der Waals surface area (Å²) in [4.78, 5) is 27.6. The molecule has 0 saturated heterocycles. The molecule has 0 unspecified atom stereocenters. The molecule has 0 spiro atoms. The van der Waals surface area contributed by atoms with Crippen molar-refractivity contribution in [2.45, 2.75) is 13.8 Å². The predicted molar refractivity (Wildman–Crippen MR) is 90.8 cm³/mol. The average molecular weight is 328 g/mol. The van der Waals surface area contributed by atoms with Crippen LogP contribution in [0.5, 0.6) is 5.88 Å². The van der Waals surface area contributed by atoms with E-state index in [1.807, 2.05) is 32.0 Å². The summed E-state index contributed by atoms with van der Waals surface area (Å²) in [6.07, 6.45) is 1.37. The maximum absolute atomic E-state index is 11.9. The van der Waals surface area contributed by atoms with Crippen molar-refractivity contribution in [3.8, 4) is 5.88 Å². The highest BCUT2D eigenvalue weighted by atomic mass is 16.5. The molecule has 0 aliphatic rings. The van der Waals surface area contributed by atoms with Gasteiger partial charge in [0.2, 0.25) is 5.88 Å². The van der Waals surface area contributed by atoms with E-state index in [4.69, 9.17) is 4.74 Å². The van der Waals surface area contributed by atoms with Gasteiger partial charge in [-0.1, -0.05) is 17.7 Å². The van der Waals surface area contributed by atoms with Crippen LogP contribution in [0, 0.1) is 13.8 Å². The second-order valence-corrected chi connectivity index (χ2v) is 5.26. The van der Waals surface area contributed by atoms with Gasteiger partial charge in [0.1, 0.15) is 0 Å². The van der Waals surface area contributed by atoms with Crippen LogP contribution in [0.4, 0.5) is 5.69 Å². The van der Waals surface area contributed by atoms with E-state index in [9.17, 15) is 9.59 Å². The zero-order valence-electron chi connectivity index (χ0n) is 13.8. The molecule has 24 heavy (non-hydrogen) atoms. The molecular weight excluding hydrogens is 308 g/mol. The summed E-state index contributed by atoms with van der Waals surface area (Å²) >= 11 is 0. The first-order valence-electron chi connectivity index (χ1n) is 7.40. The monoisotopic (exact) mass is 328 g/mol. The molecule has 1 aromatic carbocycles. The molecule has 0 aliphatic heterocycles. The fraction of sp³-hybridized carbons (Fsp3) is 0.235. The Bertz CT molecular complexity index is 729. The Morgan fingerprint density at radius 1 is 1.12 bits per heavy atom. The number of aryl methyl sites for hydroxylation is 2. The Hall–Kier alpha value is -3.09. The van der Waals surface area contributed by atoms with Crippen molar-refractivity contribution in [3.63, 3.8) is 0 Å². The van der Waals surface area contributed by atoms with Gasteiger partial charge in [0.15, 0.2) is 0 Å². The molecule has 126 valence electrons. The van der Waals surface area contributed by atoms with E-state index < -0.39 is 5.91 Å². The van der Waals surface area contributed by atoms with Crippen LogP contribution in [0.15, 0.2) is 36.5 Å². The molecular formula is C17H20N4O3. The van der Waals surface area contributed by atoms with E-state index in [-0.39, 0.29) is 12.5 Å². The average Bonchev–Trinajstić information content (AvgIpc) is 2.59. The van der Waals surface area contributed by atoms with E-state index in [1.165, 1.54) is 13.3 Å². The second kappa shape index (κ2) is 7.96. The number of methoxy groups -OCH3 is 1. The van der Waals surface area contributed by atoms with Crippen molar-refractivity contribution in [2.24, 2.45) is 0 Å². The molecule has 0 radical (unpaired) electrons. The molecule has 0 saturated carbocycles. The Labute approximate surface area is 140 Å². The molecule has 0 aliphatic carbocycles. The summed E-state index contributed by atoms with van der Waals surface area (Å²) in [5, 5.41) is 3.03. The molecule has 0 fully saturated rings. The molecule has 1 aromatic heterocycles. The largest absolute Gasteiger partial charge is 0.481 e. The highest BCUT2D eigenvalue weighted by Crippen LogP contribution is 2.15. The van der Waals surface area contributed by atoms with Crippen LogP contribution in [0.1, 0.15) is 21.5 Å². The van der Waals surface area contributed by atoms with E-state index in [2.05, 4.69) is 21.2 Å². The zero-order valence-corrected chi connectivity index (χ0v) is 13.8. The standard InChI is InChI=1S/C17H20N4O3/c1-11-4-6-14(12(2)8-11)18-10-15(22)20-21-17(23)13-5-7-16(24-3)19-9-13/h4-9,18H,10H2,1-3H3,(H,20,22)(H,21,23). The van der Waals surface area contributed by atoms with Gasteiger partial charge in [0.05, 0.1) is 19.2 Å². The summed E-state index contributed by atoms with van der Waals surface area (Å²) in [5.41, 5.74) is 8.09. The first kappa shape index (κ1) is 17.3. The number of hydrazine groups is 1. The topological polar surface area (TPSA) is 92.4 Å². The number of aromatic nitrogens is 1. The maximum Gasteiger partial charge on any atom is 0.271 e. The highest BCUT2D eigenvalue weighted by molar-refractivity contribution is 5.95. The molecule has 3 N–H and O–H groups in total. The molecule has 2 aromatic rings. The van der Waals surface area contributed by atoms with Gasteiger partial charge in [-0.3, -0.25) is 20.4 Å². The summed E-state index contributed by atoms with van der Waals surface area (Å²) in [6.45, 7) is 4.02. The number of rotatable bonds is 5. The van der Waals surface area contributed by atoms with Gasteiger partial charge in [-0.2, -0.15) is 0 Å². The quantitative estimate of drug-likeness (QED) is 0.725. The van der Waals surface area contributed by atoms with Crippen LogP contribution in [-0.2, 0) is 4.79 Å². The van der Waals surface area contributed by atoms with Crippen LogP contribution in [0.25, 0.3) is 0 Å². The van der Waals surface area contributed by atoms with Crippen LogP contribution >= 0.6 is 0 Å². The summed E-state index contributed by atoms with van der Waals surface area (Å²) in [6, 6.07) is 9.03. The van der Waals surface area contributed by atoms with Crippen molar-refractivity contribution < 1.29 is 14.3 Å². The number of hydrogen-bond acceptors (Lipinski definition) is 5. The maximum atomic E-state index is 11.9. The number of ether oxygens (including phenoxy) is 1. The van der Waals surface area contributed by atoms with E-state index in [0.717, 1.165) is 16.8 Å². The fourth-order valence-electron chi connectivity index (χ4n) is 2.07. The fourth-order valence-corrected chi connectivity index (χ4v) is 2.07. The lowest BCUT2D eigenvalue weighted by molar-refractivity contribution is -0.120. The molecule has 1 heterocycles. The van der Waals surface area contributed by atoms with Crippen molar-refractivity contribution in [1.82, 2.24) is 15.8 Å². The number of hydrogen-bond donors (Lipinski definition) is 3. The minimum absolute atomic E-state index is 0.0467. The minimum atomic E-state index is -0.454. The van der Waals surface area contributed by atoms with E-state index in [0.29, 0.717) is 11.4 Å². The summed E-state index contributed by atoms with van der Waals surface area (Å²) < 4.78 is 4.92. The molecule has 7 nitrogen and oxygen atoms in total. The number of benzene rings is 1. The van der Waals surface area contributed by atoms with Gasteiger partial charge < -0.3 is 10.1 Å². The van der Waals surface area contributed by atoms with Gasteiger partial charge in [-0.25, -0.2) is 4.98 Å². The third kappa shape index (κ3) is 4.70. The second-order valence-electron chi connectivity index (χ2n) is 5.26. The number of carbonyl (C=O) groups excluding carboxylic acids is 2. The number of nitrogens with one attached hydrogen (secondary N) is 3. The van der Waals surface area contributed by atoms with E-state index in [1.54, 1.807) is 12.1 Å². The zero-order chi connectivity index (χ0) is 17.5. The van der Waals surface area contributed by atoms with Crippen LogP contribution < -0.4 is 20.9 Å².